The Morgan fingerprint density at radius 1 is 1.27 bits per heavy atom. The maximum Gasteiger partial charge on any atom is 0.416 e. The molecule has 3 rings (SSSR count). The molecule has 7 heteroatoms. The van der Waals surface area contributed by atoms with Gasteiger partial charge in [-0.15, -0.1) is 0 Å². The van der Waals surface area contributed by atoms with E-state index >= 15 is 0 Å². The zero-order chi connectivity index (χ0) is 15.9. The number of amides is 1. The molecule has 2 aromatic rings. The summed E-state index contributed by atoms with van der Waals surface area (Å²) in [6.45, 7) is 0. The number of aromatic nitrogens is 1. The van der Waals surface area contributed by atoms with Gasteiger partial charge >= 0.3 is 6.18 Å². The van der Waals surface area contributed by atoms with Crippen LogP contribution in [0.3, 0.4) is 0 Å². The first-order chi connectivity index (χ1) is 10.4. The van der Waals surface area contributed by atoms with Crippen LogP contribution in [0.4, 0.5) is 18.9 Å². The number of rotatable bonds is 1. The number of hydrogen-bond acceptors (Lipinski definition) is 3. The topological polar surface area (TPSA) is 57.0 Å². The van der Waals surface area contributed by atoms with Gasteiger partial charge in [-0.1, -0.05) is 0 Å². The number of nitriles is 1. The average Bonchev–Trinajstić information content (AvgIpc) is 2.79. The van der Waals surface area contributed by atoms with Gasteiger partial charge in [-0.2, -0.15) is 18.4 Å². The third-order valence-electron chi connectivity index (χ3n) is 3.43. The van der Waals surface area contributed by atoms with Crippen LogP contribution >= 0.6 is 0 Å². The molecule has 1 aliphatic rings. The van der Waals surface area contributed by atoms with Gasteiger partial charge in [-0.3, -0.25) is 14.7 Å². The minimum absolute atomic E-state index is 0.0613. The highest BCUT2D eigenvalue weighted by atomic mass is 19.4. The Bertz CT molecular complexity index is 781. The lowest BCUT2D eigenvalue weighted by atomic mass is 10.0. The van der Waals surface area contributed by atoms with Crippen LogP contribution in [0.2, 0.25) is 0 Å². The number of carbonyl (C=O) groups is 1. The number of benzene rings is 1. The standard InChI is InChI=1S/C15H8F3N3O/c16-15(17,18)9-3-4-11-12(6-9)13(7-19)21(14(11)22)10-2-1-5-20-8-10/h1-6,8,13H. The molecule has 0 spiro atoms. The number of nitrogens with zero attached hydrogens (tertiary/aromatic N) is 3. The average molecular weight is 303 g/mol. The Morgan fingerprint density at radius 3 is 2.64 bits per heavy atom. The van der Waals surface area contributed by atoms with Crippen molar-refractivity contribution < 1.29 is 18.0 Å². The van der Waals surface area contributed by atoms with Crippen molar-refractivity contribution in [3.05, 3.63) is 59.4 Å². The van der Waals surface area contributed by atoms with Gasteiger partial charge in [0.25, 0.3) is 5.91 Å². The molecule has 0 fully saturated rings. The molecule has 2 heterocycles. The Labute approximate surface area is 123 Å². The van der Waals surface area contributed by atoms with E-state index in [1.54, 1.807) is 12.1 Å². The van der Waals surface area contributed by atoms with Gasteiger partial charge in [-0.05, 0) is 30.3 Å². The Balaban J connectivity index is 2.13. The molecule has 0 bridgehead atoms. The van der Waals surface area contributed by atoms with Gasteiger partial charge in [0.15, 0.2) is 6.04 Å². The minimum Gasteiger partial charge on any atom is -0.286 e. The number of pyridine rings is 1. The lowest BCUT2D eigenvalue weighted by molar-refractivity contribution is -0.137. The molecular weight excluding hydrogens is 295 g/mol. The molecule has 1 aliphatic heterocycles. The fraction of sp³-hybridized carbons (Fsp3) is 0.133. The van der Waals surface area contributed by atoms with Crippen molar-refractivity contribution in [3.8, 4) is 6.07 Å². The predicted octanol–water partition coefficient (Wildman–Crippen LogP) is 3.33. The zero-order valence-corrected chi connectivity index (χ0v) is 11.0. The van der Waals surface area contributed by atoms with E-state index < -0.39 is 23.7 Å². The molecule has 110 valence electrons. The third kappa shape index (κ3) is 2.09. The number of alkyl halides is 3. The maximum absolute atomic E-state index is 12.8. The quantitative estimate of drug-likeness (QED) is 0.812. The van der Waals surface area contributed by atoms with Crippen LogP contribution in [0.25, 0.3) is 0 Å². The fourth-order valence-electron chi connectivity index (χ4n) is 2.44. The SMILES string of the molecule is N#CC1c2cc(C(F)(F)F)ccc2C(=O)N1c1cccnc1. The summed E-state index contributed by atoms with van der Waals surface area (Å²) in [6.07, 6.45) is -1.64. The van der Waals surface area contributed by atoms with Crippen molar-refractivity contribution in [2.24, 2.45) is 0 Å². The Kier molecular flexibility index (Phi) is 3.10. The van der Waals surface area contributed by atoms with E-state index in [1.165, 1.54) is 12.4 Å². The Hall–Kier alpha value is -2.88. The highest BCUT2D eigenvalue weighted by Crippen LogP contribution is 2.40. The first kappa shape index (κ1) is 14.1. The summed E-state index contributed by atoms with van der Waals surface area (Å²) in [7, 11) is 0. The first-order valence-electron chi connectivity index (χ1n) is 6.28. The summed E-state index contributed by atoms with van der Waals surface area (Å²) in [5, 5.41) is 9.31. The number of fused-ring (bicyclic) bond motifs is 1. The smallest absolute Gasteiger partial charge is 0.286 e. The molecule has 22 heavy (non-hydrogen) atoms. The number of halogens is 3. The predicted molar refractivity (Wildman–Crippen MR) is 70.8 cm³/mol. The lowest BCUT2D eigenvalue weighted by Crippen LogP contribution is -2.26. The minimum atomic E-state index is -4.53. The van der Waals surface area contributed by atoms with Crippen LogP contribution in [0, 0.1) is 11.3 Å². The van der Waals surface area contributed by atoms with Gasteiger partial charge in [-0.25, -0.2) is 0 Å². The van der Waals surface area contributed by atoms with E-state index in [2.05, 4.69) is 4.98 Å². The second kappa shape index (κ2) is 4.84. The second-order valence-corrected chi connectivity index (χ2v) is 4.72. The number of anilines is 1. The fourth-order valence-corrected chi connectivity index (χ4v) is 2.44. The Morgan fingerprint density at radius 2 is 2.05 bits per heavy atom. The van der Waals surface area contributed by atoms with Gasteiger partial charge in [0.05, 0.1) is 23.5 Å². The molecule has 0 N–H and O–H groups in total. The first-order valence-corrected chi connectivity index (χ1v) is 6.28. The summed E-state index contributed by atoms with van der Waals surface area (Å²) in [5.41, 5.74) is -0.356. The van der Waals surface area contributed by atoms with Crippen molar-refractivity contribution in [2.45, 2.75) is 12.2 Å². The van der Waals surface area contributed by atoms with Crippen molar-refractivity contribution in [1.29, 1.82) is 5.26 Å². The van der Waals surface area contributed by atoms with Crippen LogP contribution in [0.1, 0.15) is 27.5 Å². The highest BCUT2D eigenvalue weighted by molar-refractivity contribution is 6.11. The van der Waals surface area contributed by atoms with Crippen molar-refractivity contribution in [2.75, 3.05) is 4.90 Å². The third-order valence-corrected chi connectivity index (χ3v) is 3.43. The monoisotopic (exact) mass is 303 g/mol. The van der Waals surface area contributed by atoms with E-state index in [1.807, 2.05) is 6.07 Å². The number of hydrogen-bond donors (Lipinski definition) is 0. The maximum atomic E-state index is 12.8. The summed E-state index contributed by atoms with van der Waals surface area (Å²) >= 11 is 0. The summed E-state index contributed by atoms with van der Waals surface area (Å²) in [5.74, 6) is -0.511. The molecule has 1 unspecified atom stereocenters. The van der Waals surface area contributed by atoms with E-state index in [0.717, 1.165) is 23.1 Å². The lowest BCUT2D eigenvalue weighted by Gasteiger charge is -2.19. The summed E-state index contributed by atoms with van der Waals surface area (Å²) < 4.78 is 38.4. The molecule has 1 aromatic carbocycles. The van der Waals surface area contributed by atoms with E-state index in [-0.39, 0.29) is 11.1 Å². The summed E-state index contributed by atoms with van der Waals surface area (Å²) in [6, 6.07) is 6.76. The van der Waals surface area contributed by atoms with Gasteiger partial charge < -0.3 is 0 Å². The largest absolute Gasteiger partial charge is 0.416 e. The molecule has 1 aromatic heterocycles. The molecular formula is C15H8F3N3O. The van der Waals surface area contributed by atoms with Crippen LogP contribution in [0.15, 0.2) is 42.7 Å². The van der Waals surface area contributed by atoms with Crippen LogP contribution in [-0.4, -0.2) is 10.9 Å². The summed E-state index contributed by atoms with van der Waals surface area (Å²) in [4.78, 5) is 17.4. The molecule has 4 nitrogen and oxygen atoms in total. The van der Waals surface area contributed by atoms with Gasteiger partial charge in [0, 0.05) is 17.3 Å². The normalized spacial score (nSPS) is 17.3. The zero-order valence-electron chi connectivity index (χ0n) is 11.0. The van der Waals surface area contributed by atoms with Crippen LogP contribution < -0.4 is 4.90 Å². The molecule has 1 amide bonds. The van der Waals surface area contributed by atoms with E-state index in [9.17, 15) is 23.2 Å². The molecule has 0 saturated heterocycles. The molecule has 0 saturated carbocycles. The highest BCUT2D eigenvalue weighted by Gasteiger charge is 2.40. The molecule has 0 radical (unpaired) electrons. The van der Waals surface area contributed by atoms with Gasteiger partial charge in [0.1, 0.15) is 0 Å². The second-order valence-electron chi connectivity index (χ2n) is 4.72. The van der Waals surface area contributed by atoms with Crippen molar-refractivity contribution >= 4 is 11.6 Å². The van der Waals surface area contributed by atoms with Crippen molar-refractivity contribution in [1.82, 2.24) is 4.98 Å². The molecule has 0 aliphatic carbocycles. The van der Waals surface area contributed by atoms with Crippen molar-refractivity contribution in [3.63, 3.8) is 0 Å². The molecule has 1 atom stereocenters. The van der Waals surface area contributed by atoms with E-state index in [4.69, 9.17) is 0 Å². The van der Waals surface area contributed by atoms with Gasteiger partial charge in [0.2, 0.25) is 0 Å². The van der Waals surface area contributed by atoms with Crippen LogP contribution in [0.5, 0.6) is 0 Å². The van der Waals surface area contributed by atoms with Crippen LogP contribution in [-0.2, 0) is 6.18 Å². The van der Waals surface area contributed by atoms with E-state index in [0.29, 0.717) is 5.69 Å². The number of carbonyl (C=O) groups excluding carboxylic acids is 1.